The Morgan fingerprint density at radius 3 is 2.39 bits per heavy atom. The van der Waals surface area contributed by atoms with Crippen LogP contribution in [-0.4, -0.2) is 31.2 Å². The molecule has 2 aromatic carbocycles. The summed E-state index contributed by atoms with van der Waals surface area (Å²) in [7, 11) is 0. The number of para-hydroxylation sites is 2. The van der Waals surface area contributed by atoms with Gasteiger partial charge in [0.05, 0.1) is 0 Å². The van der Waals surface area contributed by atoms with Crippen molar-refractivity contribution in [2.24, 2.45) is 0 Å². The van der Waals surface area contributed by atoms with E-state index in [0.29, 0.717) is 17.5 Å². The van der Waals surface area contributed by atoms with Crippen molar-refractivity contribution in [2.45, 2.75) is 13.5 Å². The third kappa shape index (κ3) is 3.79. The molecule has 0 atom stereocenters. The summed E-state index contributed by atoms with van der Waals surface area (Å²) in [4.78, 5) is 8.74. The Labute approximate surface area is 164 Å². The van der Waals surface area contributed by atoms with Crippen molar-refractivity contribution in [3.63, 3.8) is 0 Å². The molecule has 6 nitrogen and oxygen atoms in total. The van der Waals surface area contributed by atoms with Gasteiger partial charge in [0.15, 0.2) is 6.61 Å². The molecule has 2 heterocycles. The van der Waals surface area contributed by atoms with E-state index in [2.05, 4.69) is 33.0 Å². The minimum atomic E-state index is 0.198. The van der Waals surface area contributed by atoms with Crippen molar-refractivity contribution in [2.75, 3.05) is 36.0 Å². The topological polar surface area (TPSA) is 65.5 Å². The lowest BCUT2D eigenvalue weighted by Gasteiger charge is -2.35. The molecule has 1 fully saturated rings. The highest BCUT2D eigenvalue weighted by Gasteiger charge is 2.24. The third-order valence-corrected chi connectivity index (χ3v) is 4.89. The highest BCUT2D eigenvalue weighted by Crippen LogP contribution is 2.26. The largest absolute Gasteiger partial charge is 0.484 e. The fraction of sp³-hybridized carbons (Fsp3) is 0.273. The van der Waals surface area contributed by atoms with Crippen LogP contribution >= 0.6 is 0 Å². The zero-order valence-corrected chi connectivity index (χ0v) is 15.8. The van der Waals surface area contributed by atoms with Gasteiger partial charge in [0, 0.05) is 31.9 Å². The van der Waals surface area contributed by atoms with Gasteiger partial charge in [-0.1, -0.05) is 36.4 Å². The number of nitriles is 1. The minimum Gasteiger partial charge on any atom is -0.484 e. The predicted molar refractivity (Wildman–Crippen MR) is 108 cm³/mol. The molecule has 3 aromatic rings. The molecule has 1 aromatic heterocycles. The number of nitrogens with zero attached hydrogens (tertiary/aromatic N) is 4. The van der Waals surface area contributed by atoms with E-state index in [1.807, 2.05) is 49.4 Å². The van der Waals surface area contributed by atoms with Gasteiger partial charge in [0.1, 0.15) is 11.8 Å². The van der Waals surface area contributed by atoms with Gasteiger partial charge in [-0.3, -0.25) is 0 Å². The standard InChI is InChI=1S/C22H22N4O2/c1-17-7-5-6-10-20(17)27-16-21-24-19(15-23)22(28-21)26-13-11-25(12-14-26)18-8-3-2-4-9-18/h2-10H,11-14,16H2,1H3. The number of hydrogen-bond donors (Lipinski definition) is 0. The Bertz CT molecular complexity index is 970. The van der Waals surface area contributed by atoms with Crippen LogP contribution in [-0.2, 0) is 6.61 Å². The van der Waals surface area contributed by atoms with E-state index in [9.17, 15) is 5.26 Å². The van der Waals surface area contributed by atoms with E-state index in [1.165, 1.54) is 5.69 Å². The van der Waals surface area contributed by atoms with Gasteiger partial charge in [-0.25, -0.2) is 0 Å². The summed E-state index contributed by atoms with van der Waals surface area (Å²) in [5.41, 5.74) is 2.58. The van der Waals surface area contributed by atoms with Crippen LogP contribution < -0.4 is 14.5 Å². The van der Waals surface area contributed by atoms with Gasteiger partial charge in [0.2, 0.25) is 17.5 Å². The Hall–Kier alpha value is -3.46. The maximum Gasteiger partial charge on any atom is 0.236 e. The highest BCUT2D eigenvalue weighted by molar-refractivity contribution is 5.52. The summed E-state index contributed by atoms with van der Waals surface area (Å²) in [5.74, 6) is 1.75. The fourth-order valence-electron chi connectivity index (χ4n) is 3.37. The molecule has 0 N–H and O–H groups in total. The van der Waals surface area contributed by atoms with Crippen LogP contribution in [0, 0.1) is 18.3 Å². The number of hydrogen-bond acceptors (Lipinski definition) is 6. The molecule has 4 rings (SSSR count). The lowest BCUT2D eigenvalue weighted by molar-refractivity contribution is 0.262. The molecule has 0 aliphatic carbocycles. The average molecular weight is 374 g/mol. The van der Waals surface area contributed by atoms with Gasteiger partial charge >= 0.3 is 0 Å². The summed E-state index contributed by atoms with van der Waals surface area (Å²) in [6, 6.07) is 20.3. The number of anilines is 2. The summed E-state index contributed by atoms with van der Waals surface area (Å²) in [6.45, 7) is 5.47. The maximum absolute atomic E-state index is 9.47. The molecule has 1 aliphatic rings. The van der Waals surface area contributed by atoms with Crippen LogP contribution in [0.2, 0.25) is 0 Å². The number of piperazine rings is 1. The van der Waals surface area contributed by atoms with E-state index in [1.54, 1.807) is 0 Å². The van der Waals surface area contributed by atoms with E-state index in [0.717, 1.165) is 37.5 Å². The third-order valence-electron chi connectivity index (χ3n) is 4.89. The molecule has 0 saturated carbocycles. The molecule has 0 radical (unpaired) electrons. The lowest BCUT2D eigenvalue weighted by Crippen LogP contribution is -2.46. The zero-order chi connectivity index (χ0) is 19.3. The monoisotopic (exact) mass is 374 g/mol. The van der Waals surface area contributed by atoms with Gasteiger partial charge in [0.25, 0.3) is 0 Å². The Balaban J connectivity index is 1.42. The first-order chi connectivity index (χ1) is 13.7. The number of aromatic nitrogens is 1. The number of rotatable bonds is 5. The molecule has 6 heteroatoms. The van der Waals surface area contributed by atoms with Gasteiger partial charge in [-0.05, 0) is 30.7 Å². The smallest absolute Gasteiger partial charge is 0.236 e. The van der Waals surface area contributed by atoms with Crippen molar-refractivity contribution in [3.05, 3.63) is 71.7 Å². The first-order valence-corrected chi connectivity index (χ1v) is 9.38. The summed E-state index contributed by atoms with van der Waals surface area (Å²) < 4.78 is 11.7. The molecular weight excluding hydrogens is 352 g/mol. The van der Waals surface area contributed by atoms with Gasteiger partial charge in [-0.15, -0.1) is 0 Å². The Morgan fingerprint density at radius 2 is 1.68 bits per heavy atom. The molecule has 0 unspecified atom stereocenters. The normalized spacial score (nSPS) is 14.0. The van der Waals surface area contributed by atoms with Gasteiger partial charge in [-0.2, -0.15) is 10.2 Å². The number of aryl methyl sites for hydroxylation is 1. The van der Waals surface area contributed by atoms with Crippen molar-refractivity contribution in [1.82, 2.24) is 4.98 Å². The summed E-state index contributed by atoms with van der Waals surface area (Å²) >= 11 is 0. The molecule has 142 valence electrons. The van der Waals surface area contributed by atoms with Crippen LogP contribution in [0.3, 0.4) is 0 Å². The molecule has 0 bridgehead atoms. The van der Waals surface area contributed by atoms with Crippen molar-refractivity contribution >= 4 is 11.6 Å². The van der Waals surface area contributed by atoms with Crippen LogP contribution in [0.4, 0.5) is 11.6 Å². The summed E-state index contributed by atoms with van der Waals surface area (Å²) in [5, 5.41) is 9.47. The van der Waals surface area contributed by atoms with Crippen molar-refractivity contribution in [1.29, 1.82) is 5.26 Å². The summed E-state index contributed by atoms with van der Waals surface area (Å²) in [6.07, 6.45) is 0. The second-order valence-corrected chi connectivity index (χ2v) is 6.74. The quantitative estimate of drug-likeness (QED) is 0.677. The van der Waals surface area contributed by atoms with Crippen molar-refractivity contribution < 1.29 is 9.15 Å². The second kappa shape index (κ2) is 8.05. The molecule has 28 heavy (non-hydrogen) atoms. The first-order valence-electron chi connectivity index (χ1n) is 9.38. The maximum atomic E-state index is 9.47. The lowest BCUT2D eigenvalue weighted by atomic mass is 10.2. The van der Waals surface area contributed by atoms with E-state index >= 15 is 0 Å². The van der Waals surface area contributed by atoms with Crippen molar-refractivity contribution in [3.8, 4) is 11.8 Å². The SMILES string of the molecule is Cc1ccccc1OCc1nc(C#N)c(N2CCN(c3ccccc3)CC2)o1. The average Bonchev–Trinajstić information content (AvgIpc) is 3.17. The number of ether oxygens (including phenoxy) is 1. The zero-order valence-electron chi connectivity index (χ0n) is 15.8. The molecule has 0 spiro atoms. The van der Waals surface area contributed by atoms with Crippen LogP contribution in [0.25, 0.3) is 0 Å². The highest BCUT2D eigenvalue weighted by atomic mass is 16.5. The second-order valence-electron chi connectivity index (χ2n) is 6.74. The van der Waals surface area contributed by atoms with E-state index < -0.39 is 0 Å². The molecule has 1 aliphatic heterocycles. The molecular formula is C22H22N4O2. The fourth-order valence-corrected chi connectivity index (χ4v) is 3.37. The molecule has 1 saturated heterocycles. The van der Waals surface area contributed by atoms with E-state index in [-0.39, 0.29) is 6.61 Å². The Morgan fingerprint density at radius 1 is 1.00 bits per heavy atom. The molecule has 0 amide bonds. The van der Waals surface area contributed by atoms with Crippen LogP contribution in [0.1, 0.15) is 17.1 Å². The minimum absolute atomic E-state index is 0.198. The van der Waals surface area contributed by atoms with Crippen LogP contribution in [0.15, 0.2) is 59.0 Å². The van der Waals surface area contributed by atoms with Gasteiger partial charge < -0.3 is 19.0 Å². The number of benzene rings is 2. The van der Waals surface area contributed by atoms with Crippen LogP contribution in [0.5, 0.6) is 5.75 Å². The Kier molecular flexibility index (Phi) is 5.16. The number of oxazole rings is 1. The van der Waals surface area contributed by atoms with E-state index in [4.69, 9.17) is 9.15 Å². The predicted octanol–water partition coefficient (Wildman–Crippen LogP) is 3.76. The first kappa shape index (κ1) is 17.9.